The summed E-state index contributed by atoms with van der Waals surface area (Å²) in [6.07, 6.45) is 1.83. The zero-order chi connectivity index (χ0) is 21.3. The molecule has 1 aromatic heterocycles. The molecule has 1 fully saturated rings. The van der Waals surface area contributed by atoms with Crippen molar-refractivity contribution in [2.24, 2.45) is 11.7 Å². The number of benzene rings is 2. The Morgan fingerprint density at radius 2 is 2.03 bits per heavy atom. The first-order valence-electron chi connectivity index (χ1n) is 9.88. The summed E-state index contributed by atoms with van der Waals surface area (Å²) in [6, 6.07) is 9.45. The summed E-state index contributed by atoms with van der Waals surface area (Å²) in [5.41, 5.74) is 7.41. The van der Waals surface area contributed by atoms with Gasteiger partial charge in [0.05, 0.1) is 11.1 Å². The Kier molecular flexibility index (Phi) is 5.50. The van der Waals surface area contributed by atoms with Gasteiger partial charge < -0.3 is 15.8 Å². The summed E-state index contributed by atoms with van der Waals surface area (Å²) >= 11 is 0. The van der Waals surface area contributed by atoms with E-state index in [2.05, 4.69) is 5.32 Å². The van der Waals surface area contributed by atoms with Crippen LogP contribution in [0, 0.1) is 18.7 Å². The fourth-order valence-corrected chi connectivity index (χ4v) is 3.82. The molecular formula is C22H23FN4O3. The standard InChI is InChI=1S/C22H23FN4O3/c1-13-3-2-4-16-19(13)26-27(12-14-7-9-30-10-8-14)20(16)22(29)25-15-5-6-18(23)17(11-15)21(24)28/h2-6,11,14H,7-10,12H2,1H3,(H2,24,28)(H,25,29). The molecule has 4 rings (SSSR count). The summed E-state index contributed by atoms with van der Waals surface area (Å²) in [7, 11) is 0. The number of halogens is 1. The van der Waals surface area contributed by atoms with Crippen LogP contribution < -0.4 is 11.1 Å². The Morgan fingerprint density at radius 3 is 2.77 bits per heavy atom. The van der Waals surface area contributed by atoms with Gasteiger partial charge in [-0.1, -0.05) is 18.2 Å². The molecule has 2 aromatic carbocycles. The molecule has 1 aliphatic heterocycles. The Hall–Kier alpha value is -3.26. The number of amides is 2. The van der Waals surface area contributed by atoms with E-state index in [-0.39, 0.29) is 17.2 Å². The van der Waals surface area contributed by atoms with E-state index in [1.807, 2.05) is 25.1 Å². The quantitative estimate of drug-likeness (QED) is 0.674. The molecule has 0 bridgehead atoms. The minimum Gasteiger partial charge on any atom is -0.381 e. The molecule has 2 heterocycles. The van der Waals surface area contributed by atoms with Crippen molar-refractivity contribution in [3.05, 3.63) is 59.0 Å². The van der Waals surface area contributed by atoms with E-state index in [9.17, 15) is 14.0 Å². The van der Waals surface area contributed by atoms with Crippen LogP contribution >= 0.6 is 0 Å². The van der Waals surface area contributed by atoms with E-state index >= 15 is 0 Å². The molecule has 3 aromatic rings. The van der Waals surface area contributed by atoms with Crippen molar-refractivity contribution in [1.82, 2.24) is 9.78 Å². The number of nitrogens with zero attached hydrogens (tertiary/aromatic N) is 2. The van der Waals surface area contributed by atoms with Gasteiger partial charge >= 0.3 is 0 Å². The summed E-state index contributed by atoms with van der Waals surface area (Å²) in [4.78, 5) is 24.6. The molecule has 0 atom stereocenters. The second kappa shape index (κ2) is 8.23. The molecule has 0 unspecified atom stereocenters. The maximum atomic E-state index is 13.8. The highest BCUT2D eigenvalue weighted by Crippen LogP contribution is 2.26. The van der Waals surface area contributed by atoms with Crippen molar-refractivity contribution in [3.63, 3.8) is 0 Å². The minimum atomic E-state index is -0.894. The lowest BCUT2D eigenvalue weighted by Gasteiger charge is -2.22. The lowest BCUT2D eigenvalue weighted by Crippen LogP contribution is -2.25. The average molecular weight is 410 g/mol. The van der Waals surface area contributed by atoms with Crippen LogP contribution in [-0.4, -0.2) is 34.8 Å². The molecule has 1 aliphatic rings. The van der Waals surface area contributed by atoms with E-state index in [0.29, 0.717) is 31.4 Å². The van der Waals surface area contributed by atoms with Crippen LogP contribution in [-0.2, 0) is 11.3 Å². The van der Waals surface area contributed by atoms with E-state index in [1.54, 1.807) is 4.68 Å². The van der Waals surface area contributed by atoms with E-state index < -0.39 is 11.7 Å². The zero-order valence-electron chi connectivity index (χ0n) is 16.7. The number of anilines is 1. The number of aromatic nitrogens is 2. The molecule has 0 saturated carbocycles. The second-order valence-electron chi connectivity index (χ2n) is 7.57. The number of fused-ring (bicyclic) bond motifs is 1. The van der Waals surface area contributed by atoms with Gasteiger partial charge in [-0.2, -0.15) is 5.10 Å². The Labute approximate surface area is 173 Å². The van der Waals surface area contributed by atoms with Gasteiger partial charge in [-0.05, 0) is 49.4 Å². The number of hydrogen-bond acceptors (Lipinski definition) is 4. The van der Waals surface area contributed by atoms with Crippen LogP contribution in [0.3, 0.4) is 0 Å². The number of primary amides is 1. The minimum absolute atomic E-state index is 0.274. The van der Waals surface area contributed by atoms with Crippen molar-refractivity contribution in [2.75, 3.05) is 18.5 Å². The lowest BCUT2D eigenvalue weighted by atomic mass is 10.0. The Balaban J connectivity index is 1.70. The molecular weight excluding hydrogens is 387 g/mol. The maximum Gasteiger partial charge on any atom is 0.274 e. The van der Waals surface area contributed by atoms with Crippen LogP contribution in [0.1, 0.15) is 39.3 Å². The van der Waals surface area contributed by atoms with Gasteiger partial charge in [0.1, 0.15) is 11.5 Å². The fraction of sp³-hybridized carbons (Fsp3) is 0.318. The van der Waals surface area contributed by atoms with Crippen molar-refractivity contribution in [1.29, 1.82) is 0 Å². The molecule has 0 spiro atoms. The highest BCUT2D eigenvalue weighted by atomic mass is 19.1. The lowest BCUT2D eigenvalue weighted by molar-refractivity contribution is 0.0598. The van der Waals surface area contributed by atoms with Crippen molar-refractivity contribution in [2.45, 2.75) is 26.3 Å². The van der Waals surface area contributed by atoms with Crippen molar-refractivity contribution < 1.29 is 18.7 Å². The van der Waals surface area contributed by atoms with Crippen LogP contribution in [0.2, 0.25) is 0 Å². The number of nitrogens with one attached hydrogen (secondary N) is 1. The monoisotopic (exact) mass is 410 g/mol. The summed E-state index contributed by atoms with van der Waals surface area (Å²) in [5, 5.41) is 8.21. The largest absolute Gasteiger partial charge is 0.381 e. The molecule has 1 saturated heterocycles. The SMILES string of the molecule is Cc1cccc2c(C(=O)Nc3ccc(F)c(C(N)=O)c3)n(CC3CCOCC3)nc12. The molecule has 7 nitrogen and oxygen atoms in total. The predicted octanol–water partition coefficient (Wildman–Crippen LogP) is 3.26. The predicted molar refractivity (Wildman–Crippen MR) is 111 cm³/mol. The molecule has 0 radical (unpaired) electrons. The first-order chi connectivity index (χ1) is 14.4. The summed E-state index contributed by atoms with van der Waals surface area (Å²) in [6.45, 7) is 3.97. The van der Waals surface area contributed by atoms with Gasteiger partial charge in [-0.3, -0.25) is 14.3 Å². The van der Waals surface area contributed by atoms with Gasteiger partial charge in [-0.25, -0.2) is 4.39 Å². The number of nitrogens with two attached hydrogens (primary N) is 1. The zero-order valence-corrected chi connectivity index (χ0v) is 16.7. The normalized spacial score (nSPS) is 14.7. The molecule has 0 aliphatic carbocycles. The first-order valence-corrected chi connectivity index (χ1v) is 9.88. The van der Waals surface area contributed by atoms with E-state index in [0.717, 1.165) is 35.4 Å². The molecule has 156 valence electrons. The maximum absolute atomic E-state index is 13.8. The molecule has 8 heteroatoms. The number of carbonyl (C=O) groups excluding carboxylic acids is 2. The van der Waals surface area contributed by atoms with Crippen LogP contribution in [0.25, 0.3) is 10.9 Å². The van der Waals surface area contributed by atoms with Crippen LogP contribution in [0.4, 0.5) is 10.1 Å². The molecule has 3 N–H and O–H groups in total. The highest BCUT2D eigenvalue weighted by Gasteiger charge is 2.23. The summed E-state index contributed by atoms with van der Waals surface area (Å²) < 4.78 is 21.0. The van der Waals surface area contributed by atoms with Gasteiger partial charge in [0.2, 0.25) is 0 Å². The third-order valence-corrected chi connectivity index (χ3v) is 5.45. The number of carbonyl (C=O) groups is 2. The molecule has 30 heavy (non-hydrogen) atoms. The van der Waals surface area contributed by atoms with Gasteiger partial charge in [0.15, 0.2) is 0 Å². The third-order valence-electron chi connectivity index (χ3n) is 5.45. The van der Waals surface area contributed by atoms with Crippen LogP contribution in [0.5, 0.6) is 0 Å². The first kappa shape index (κ1) is 20.0. The Bertz CT molecular complexity index is 1120. The topological polar surface area (TPSA) is 99.2 Å². The average Bonchev–Trinajstić information content (AvgIpc) is 3.09. The second-order valence-corrected chi connectivity index (χ2v) is 7.57. The highest BCUT2D eigenvalue weighted by molar-refractivity contribution is 6.12. The van der Waals surface area contributed by atoms with E-state index in [1.165, 1.54) is 12.1 Å². The van der Waals surface area contributed by atoms with Crippen molar-refractivity contribution in [3.8, 4) is 0 Å². The third kappa shape index (κ3) is 3.91. The number of rotatable bonds is 5. The number of aryl methyl sites for hydroxylation is 1. The van der Waals surface area contributed by atoms with Gasteiger partial charge in [0.25, 0.3) is 11.8 Å². The number of ether oxygens (including phenoxy) is 1. The van der Waals surface area contributed by atoms with Crippen molar-refractivity contribution >= 4 is 28.4 Å². The number of hydrogen-bond donors (Lipinski definition) is 2. The Morgan fingerprint density at radius 1 is 1.27 bits per heavy atom. The summed E-state index contributed by atoms with van der Waals surface area (Å²) in [5.74, 6) is -1.63. The van der Waals surface area contributed by atoms with Gasteiger partial charge in [-0.15, -0.1) is 0 Å². The van der Waals surface area contributed by atoms with E-state index in [4.69, 9.17) is 15.6 Å². The van der Waals surface area contributed by atoms with Crippen LogP contribution in [0.15, 0.2) is 36.4 Å². The molecule has 2 amide bonds. The smallest absolute Gasteiger partial charge is 0.274 e. The van der Waals surface area contributed by atoms with Gasteiger partial charge in [0, 0.05) is 30.8 Å². The fourth-order valence-electron chi connectivity index (χ4n) is 3.82.